The minimum absolute atomic E-state index is 0.240. The molecule has 0 aromatic rings. The van der Waals surface area contributed by atoms with E-state index in [1.54, 1.807) is 35.4 Å². The largest absolute Gasteiger partial charge is 0.298 e. The second-order valence-electron chi connectivity index (χ2n) is 7.10. The van der Waals surface area contributed by atoms with Crippen LogP contribution in [-0.4, -0.2) is 21.1 Å². The smallest absolute Gasteiger partial charge is 0.146 e. The second-order valence-corrected chi connectivity index (χ2v) is 9.99. The lowest BCUT2D eigenvalue weighted by atomic mass is 9.95. The van der Waals surface area contributed by atoms with Gasteiger partial charge in [0.2, 0.25) is 0 Å². The van der Waals surface area contributed by atoms with Crippen molar-refractivity contribution in [2.45, 2.75) is 100 Å². The van der Waals surface area contributed by atoms with Gasteiger partial charge in [-0.25, -0.2) is 0 Å². The van der Waals surface area contributed by atoms with Crippen molar-refractivity contribution in [2.24, 2.45) is 0 Å². The minimum atomic E-state index is -0.240. The molecule has 2 rings (SSSR count). The Kier molecular flexibility index (Phi) is 6.88. The van der Waals surface area contributed by atoms with E-state index < -0.39 is 0 Å². The summed E-state index contributed by atoms with van der Waals surface area (Å²) in [7, 11) is 3.51. The molecular weight excluding hydrogens is 312 g/mol. The van der Waals surface area contributed by atoms with Crippen LogP contribution < -0.4 is 0 Å². The number of Topliss-reactive ketones (excluding diaryl/α,β-unsaturated/α-hetero) is 2. The normalized spacial score (nSPS) is 25.0. The van der Waals surface area contributed by atoms with E-state index >= 15 is 0 Å². The Hall–Kier alpha value is 0.0400. The fraction of sp³-hybridized carbons (Fsp3) is 0.889. The molecule has 0 unspecified atom stereocenters. The van der Waals surface area contributed by atoms with Crippen molar-refractivity contribution in [3.63, 3.8) is 0 Å². The summed E-state index contributed by atoms with van der Waals surface area (Å²) in [5, 5.41) is 0. The zero-order chi connectivity index (χ0) is 16.1. The standard InChI is InChI=1S/C18H30O2S2/c1-15(19)17(11-7-3-4-8-12-17)21-22-18(16(2)20)13-9-5-6-10-14-18/h3-14H2,1-2H3. The van der Waals surface area contributed by atoms with Crippen LogP contribution in [0.4, 0.5) is 0 Å². The first-order chi connectivity index (χ1) is 10.5. The maximum absolute atomic E-state index is 12.4. The average Bonchev–Trinajstić information content (AvgIpc) is 2.87. The third-order valence-corrected chi connectivity index (χ3v) is 9.74. The van der Waals surface area contributed by atoms with E-state index in [2.05, 4.69) is 0 Å². The molecule has 2 saturated carbocycles. The number of rotatable bonds is 5. The molecule has 0 heterocycles. The van der Waals surface area contributed by atoms with Crippen molar-refractivity contribution >= 4 is 33.2 Å². The summed E-state index contributed by atoms with van der Waals surface area (Å²) in [6, 6.07) is 0. The summed E-state index contributed by atoms with van der Waals surface area (Å²) in [5.74, 6) is 0.637. The third-order valence-electron chi connectivity index (χ3n) is 5.47. The van der Waals surface area contributed by atoms with Crippen molar-refractivity contribution in [3.8, 4) is 0 Å². The Balaban J connectivity index is 2.11. The fourth-order valence-electron chi connectivity index (χ4n) is 3.75. The predicted molar refractivity (Wildman–Crippen MR) is 97.4 cm³/mol. The molecule has 2 aliphatic carbocycles. The molecule has 0 spiro atoms. The molecule has 2 fully saturated rings. The van der Waals surface area contributed by atoms with Crippen LogP contribution in [0, 0.1) is 0 Å². The molecule has 22 heavy (non-hydrogen) atoms. The monoisotopic (exact) mass is 342 g/mol. The van der Waals surface area contributed by atoms with Gasteiger partial charge in [0.15, 0.2) is 0 Å². The van der Waals surface area contributed by atoms with Gasteiger partial charge in [0, 0.05) is 0 Å². The summed E-state index contributed by atoms with van der Waals surface area (Å²) in [6.45, 7) is 3.51. The first-order valence-corrected chi connectivity index (χ1v) is 11.0. The van der Waals surface area contributed by atoms with Crippen molar-refractivity contribution < 1.29 is 9.59 Å². The number of hydrogen-bond donors (Lipinski definition) is 0. The zero-order valence-corrected chi connectivity index (χ0v) is 15.8. The van der Waals surface area contributed by atoms with Crippen LogP contribution in [0.1, 0.15) is 90.9 Å². The van der Waals surface area contributed by atoms with Crippen molar-refractivity contribution in [3.05, 3.63) is 0 Å². The molecule has 0 aliphatic heterocycles. The Bertz CT molecular complexity index is 352. The summed E-state index contributed by atoms with van der Waals surface area (Å²) >= 11 is 0. The number of ketones is 2. The van der Waals surface area contributed by atoms with E-state index in [1.807, 2.05) is 0 Å². The predicted octanol–water partition coefficient (Wildman–Crippen LogP) is 5.73. The lowest BCUT2D eigenvalue weighted by Crippen LogP contribution is -2.36. The maximum Gasteiger partial charge on any atom is 0.146 e. The molecular formula is C18H30O2S2. The van der Waals surface area contributed by atoms with E-state index in [0.717, 1.165) is 51.4 Å². The Morgan fingerprint density at radius 2 is 0.864 bits per heavy atom. The second kappa shape index (κ2) is 8.23. The van der Waals surface area contributed by atoms with Gasteiger partial charge in [-0.1, -0.05) is 73.0 Å². The summed E-state index contributed by atoms with van der Waals surface area (Å²) in [6.07, 6.45) is 13.6. The van der Waals surface area contributed by atoms with Crippen LogP contribution >= 0.6 is 21.6 Å². The first-order valence-electron chi connectivity index (χ1n) is 8.90. The van der Waals surface area contributed by atoms with Gasteiger partial charge >= 0.3 is 0 Å². The van der Waals surface area contributed by atoms with E-state index in [0.29, 0.717) is 11.6 Å². The molecule has 0 bridgehead atoms. The first kappa shape index (κ1) is 18.4. The van der Waals surface area contributed by atoms with Gasteiger partial charge in [0.25, 0.3) is 0 Å². The molecule has 2 nitrogen and oxygen atoms in total. The SMILES string of the molecule is CC(=O)C1(SSC2(C(C)=O)CCCCCC2)CCCCCC1. The zero-order valence-electron chi connectivity index (χ0n) is 14.1. The van der Waals surface area contributed by atoms with Crippen molar-refractivity contribution in [1.29, 1.82) is 0 Å². The van der Waals surface area contributed by atoms with Crippen LogP contribution in [0.3, 0.4) is 0 Å². The summed E-state index contributed by atoms with van der Waals surface area (Å²) < 4.78 is -0.480. The van der Waals surface area contributed by atoms with Gasteiger partial charge in [0.1, 0.15) is 11.6 Å². The molecule has 2 aliphatic rings. The van der Waals surface area contributed by atoms with Crippen LogP contribution in [0.5, 0.6) is 0 Å². The molecule has 4 heteroatoms. The summed E-state index contributed by atoms with van der Waals surface area (Å²) in [4.78, 5) is 24.7. The lowest BCUT2D eigenvalue weighted by molar-refractivity contribution is -0.120. The molecule has 0 amide bonds. The van der Waals surface area contributed by atoms with Gasteiger partial charge < -0.3 is 0 Å². The lowest BCUT2D eigenvalue weighted by Gasteiger charge is -2.35. The Labute approximate surface area is 143 Å². The van der Waals surface area contributed by atoms with Gasteiger partial charge in [-0.3, -0.25) is 9.59 Å². The van der Waals surface area contributed by atoms with Gasteiger partial charge in [-0.2, -0.15) is 0 Å². The van der Waals surface area contributed by atoms with E-state index in [-0.39, 0.29) is 9.49 Å². The quantitative estimate of drug-likeness (QED) is 0.472. The van der Waals surface area contributed by atoms with Gasteiger partial charge in [-0.15, -0.1) is 0 Å². The highest BCUT2D eigenvalue weighted by molar-refractivity contribution is 8.78. The Morgan fingerprint density at radius 3 is 1.09 bits per heavy atom. The van der Waals surface area contributed by atoms with Crippen LogP contribution in [0.15, 0.2) is 0 Å². The van der Waals surface area contributed by atoms with E-state index in [9.17, 15) is 9.59 Å². The average molecular weight is 343 g/mol. The summed E-state index contributed by atoms with van der Waals surface area (Å²) in [5.41, 5.74) is 0. The molecule has 0 atom stereocenters. The Morgan fingerprint density at radius 1 is 0.591 bits per heavy atom. The number of carbonyl (C=O) groups excluding carboxylic acids is 2. The molecule has 0 aromatic heterocycles. The maximum atomic E-state index is 12.4. The van der Waals surface area contributed by atoms with E-state index in [4.69, 9.17) is 0 Å². The molecule has 0 radical (unpaired) electrons. The van der Waals surface area contributed by atoms with Crippen LogP contribution in [0.2, 0.25) is 0 Å². The fourth-order valence-corrected chi connectivity index (χ4v) is 7.87. The highest BCUT2D eigenvalue weighted by Crippen LogP contribution is 2.53. The third kappa shape index (κ3) is 4.31. The van der Waals surface area contributed by atoms with Crippen molar-refractivity contribution in [2.75, 3.05) is 0 Å². The highest BCUT2D eigenvalue weighted by atomic mass is 33.1. The van der Waals surface area contributed by atoms with Crippen LogP contribution in [0.25, 0.3) is 0 Å². The van der Waals surface area contributed by atoms with E-state index in [1.165, 1.54) is 25.7 Å². The number of hydrogen-bond acceptors (Lipinski definition) is 4. The van der Waals surface area contributed by atoms with Crippen molar-refractivity contribution in [1.82, 2.24) is 0 Å². The van der Waals surface area contributed by atoms with Gasteiger partial charge in [0.05, 0.1) is 9.49 Å². The highest BCUT2D eigenvalue weighted by Gasteiger charge is 2.43. The minimum Gasteiger partial charge on any atom is -0.298 e. The molecule has 126 valence electrons. The number of carbonyl (C=O) groups is 2. The topological polar surface area (TPSA) is 34.1 Å². The molecule has 0 aromatic carbocycles. The van der Waals surface area contributed by atoms with Gasteiger partial charge in [-0.05, 0) is 39.5 Å². The molecule has 0 saturated heterocycles. The molecule has 0 N–H and O–H groups in total. The van der Waals surface area contributed by atoms with Crippen LogP contribution in [-0.2, 0) is 9.59 Å².